The predicted octanol–water partition coefficient (Wildman–Crippen LogP) is 6.20. The number of carbonyl (C=O) groups is 2. The number of rotatable bonds is 9. The molecule has 1 heterocycles. The van der Waals surface area contributed by atoms with Gasteiger partial charge in [-0.15, -0.1) is 11.8 Å². The van der Waals surface area contributed by atoms with Crippen molar-refractivity contribution in [2.45, 2.75) is 46.8 Å². The largest absolute Gasteiger partial charge is 0.478 e. The molecule has 0 aromatic heterocycles. The fourth-order valence-corrected chi connectivity index (χ4v) is 5.32. The monoisotopic (exact) mass is 609 g/mol. The standard InChI is InChI=1S/C28H26Cl3NO6S/c29-28(30,31)27(36)32-14-17-5-11-20(12-6-17)26-37-21(16-39-24-4-2-1-3-22(24)25(34)35)13-23(38-26)19-9-7-18(15-33)8-10-19/h1-12,21,23,26,33H,13-16H2,(H,32,36)(H,34,35)/t21-,23+,26+/m0/s1. The van der Waals surface area contributed by atoms with Crippen molar-refractivity contribution in [1.29, 1.82) is 0 Å². The molecule has 3 aromatic rings. The van der Waals surface area contributed by atoms with Crippen molar-refractivity contribution in [2.24, 2.45) is 0 Å². The van der Waals surface area contributed by atoms with Crippen molar-refractivity contribution < 1.29 is 29.3 Å². The second kappa shape index (κ2) is 13.4. The van der Waals surface area contributed by atoms with Gasteiger partial charge in [0.1, 0.15) is 0 Å². The van der Waals surface area contributed by atoms with Gasteiger partial charge in [-0.05, 0) is 28.8 Å². The van der Waals surface area contributed by atoms with Gasteiger partial charge in [0.2, 0.25) is 0 Å². The molecule has 0 radical (unpaired) electrons. The number of carboxylic acid groups (broad SMARTS) is 1. The third-order valence-electron chi connectivity index (χ3n) is 6.12. The highest BCUT2D eigenvalue weighted by Gasteiger charge is 2.33. The van der Waals surface area contributed by atoms with E-state index >= 15 is 0 Å². The lowest BCUT2D eigenvalue weighted by atomic mass is 10.0. The number of carbonyl (C=O) groups excluding carboxylic acids is 1. The fraction of sp³-hybridized carbons (Fsp3) is 0.286. The van der Waals surface area contributed by atoms with Crippen LogP contribution < -0.4 is 5.32 Å². The zero-order valence-corrected chi connectivity index (χ0v) is 23.6. The number of benzene rings is 3. The van der Waals surface area contributed by atoms with Crippen molar-refractivity contribution in [3.8, 4) is 0 Å². The summed E-state index contributed by atoms with van der Waals surface area (Å²) in [6.07, 6.45) is -0.619. The lowest BCUT2D eigenvalue weighted by Gasteiger charge is -2.36. The van der Waals surface area contributed by atoms with Crippen LogP contribution in [-0.2, 0) is 27.4 Å². The Morgan fingerprint density at radius 2 is 1.56 bits per heavy atom. The Hall–Kier alpha value is -2.30. The Balaban J connectivity index is 1.50. The van der Waals surface area contributed by atoms with Crippen LogP contribution >= 0.6 is 46.6 Å². The van der Waals surface area contributed by atoms with Gasteiger partial charge >= 0.3 is 5.97 Å². The van der Waals surface area contributed by atoms with Crippen molar-refractivity contribution in [3.05, 3.63) is 101 Å². The Labute approximate surface area is 245 Å². The molecule has 0 unspecified atom stereocenters. The van der Waals surface area contributed by atoms with Crippen LogP contribution in [0.5, 0.6) is 0 Å². The molecule has 0 aliphatic carbocycles. The number of hydrogen-bond donors (Lipinski definition) is 3. The van der Waals surface area contributed by atoms with E-state index < -0.39 is 22.0 Å². The van der Waals surface area contributed by atoms with E-state index in [9.17, 15) is 19.8 Å². The van der Waals surface area contributed by atoms with Gasteiger partial charge in [0.05, 0.1) is 24.4 Å². The van der Waals surface area contributed by atoms with Gasteiger partial charge in [-0.25, -0.2) is 4.79 Å². The maximum Gasteiger partial charge on any atom is 0.336 e. The van der Waals surface area contributed by atoms with Gasteiger partial charge in [-0.3, -0.25) is 4.79 Å². The van der Waals surface area contributed by atoms with E-state index in [2.05, 4.69) is 5.32 Å². The average molecular weight is 611 g/mol. The van der Waals surface area contributed by atoms with Crippen molar-refractivity contribution in [2.75, 3.05) is 5.75 Å². The number of amides is 1. The molecule has 3 atom stereocenters. The van der Waals surface area contributed by atoms with Crippen molar-refractivity contribution in [1.82, 2.24) is 5.32 Å². The Morgan fingerprint density at radius 3 is 2.21 bits per heavy atom. The maximum absolute atomic E-state index is 11.8. The van der Waals surface area contributed by atoms with Gasteiger partial charge in [0.15, 0.2) is 6.29 Å². The second-order valence-corrected chi connectivity index (χ2v) is 12.2. The van der Waals surface area contributed by atoms with E-state index in [-0.39, 0.29) is 30.9 Å². The first-order valence-corrected chi connectivity index (χ1v) is 14.2. The molecule has 4 rings (SSSR count). The zero-order valence-electron chi connectivity index (χ0n) is 20.6. The average Bonchev–Trinajstić information content (AvgIpc) is 2.94. The summed E-state index contributed by atoms with van der Waals surface area (Å²) in [6, 6.07) is 21.8. The first kappa shape index (κ1) is 29.7. The summed E-state index contributed by atoms with van der Waals surface area (Å²) in [4.78, 5) is 24.1. The SMILES string of the molecule is O=C(O)c1ccccc1SC[C@@H]1C[C@H](c2ccc(CO)cc2)O[C@H](c2ccc(CNC(=O)C(Cl)(Cl)Cl)cc2)O1. The van der Waals surface area contributed by atoms with Gasteiger partial charge in [0.25, 0.3) is 9.70 Å². The second-order valence-electron chi connectivity index (χ2n) is 8.88. The molecule has 1 fully saturated rings. The Morgan fingerprint density at radius 1 is 0.923 bits per heavy atom. The normalized spacial score (nSPS) is 19.4. The highest BCUT2D eigenvalue weighted by molar-refractivity contribution is 7.99. The summed E-state index contributed by atoms with van der Waals surface area (Å²) in [5.41, 5.74) is 3.58. The number of hydrogen-bond acceptors (Lipinski definition) is 6. The van der Waals surface area contributed by atoms with Crippen LogP contribution in [0.25, 0.3) is 0 Å². The molecule has 1 aliphatic rings. The number of ether oxygens (including phenoxy) is 2. The molecule has 1 saturated heterocycles. The van der Waals surface area contributed by atoms with Crippen LogP contribution in [0.15, 0.2) is 77.7 Å². The number of nitrogens with one attached hydrogen (secondary N) is 1. The number of aromatic carboxylic acids is 1. The van der Waals surface area contributed by atoms with Crippen LogP contribution in [0, 0.1) is 0 Å². The third-order valence-corrected chi connectivity index (χ3v) is 7.84. The number of aliphatic hydroxyl groups excluding tert-OH is 1. The van der Waals surface area contributed by atoms with Crippen LogP contribution in [0.2, 0.25) is 0 Å². The first-order chi connectivity index (χ1) is 18.6. The molecular formula is C28H26Cl3NO6S. The van der Waals surface area contributed by atoms with Gasteiger partial charge < -0.3 is 25.0 Å². The fourth-order valence-electron chi connectivity index (χ4n) is 4.05. The van der Waals surface area contributed by atoms with E-state index in [4.69, 9.17) is 44.3 Å². The minimum absolute atomic E-state index is 0.0474. The molecular weight excluding hydrogens is 585 g/mol. The van der Waals surface area contributed by atoms with Crippen LogP contribution in [0.4, 0.5) is 0 Å². The van der Waals surface area contributed by atoms with Crippen LogP contribution in [0.3, 0.4) is 0 Å². The minimum atomic E-state index is -2.04. The molecule has 0 bridgehead atoms. The van der Waals surface area contributed by atoms with Crippen LogP contribution in [-0.4, -0.2) is 37.7 Å². The number of halogens is 3. The topological polar surface area (TPSA) is 105 Å². The summed E-state index contributed by atoms with van der Waals surface area (Å²) in [5, 5.41) is 21.5. The highest BCUT2D eigenvalue weighted by Crippen LogP contribution is 2.40. The van der Waals surface area contributed by atoms with E-state index in [1.165, 1.54) is 11.8 Å². The smallest absolute Gasteiger partial charge is 0.336 e. The summed E-state index contributed by atoms with van der Waals surface area (Å²) >= 11 is 18.2. The first-order valence-electron chi connectivity index (χ1n) is 12.0. The van der Waals surface area contributed by atoms with Gasteiger partial charge in [-0.1, -0.05) is 95.5 Å². The summed E-state index contributed by atoms with van der Waals surface area (Å²) < 4.78 is 10.6. The minimum Gasteiger partial charge on any atom is -0.478 e. The zero-order chi connectivity index (χ0) is 28.0. The number of thioether (sulfide) groups is 1. The molecule has 11 heteroatoms. The Bertz CT molecular complexity index is 1280. The van der Waals surface area contributed by atoms with Crippen molar-refractivity contribution >= 4 is 58.4 Å². The van der Waals surface area contributed by atoms with Crippen molar-refractivity contribution in [3.63, 3.8) is 0 Å². The molecule has 3 aromatic carbocycles. The summed E-state index contributed by atoms with van der Waals surface area (Å²) in [6.45, 7) is 0.135. The lowest BCUT2D eigenvalue weighted by molar-refractivity contribution is -0.245. The molecule has 0 spiro atoms. The van der Waals surface area contributed by atoms with E-state index in [0.29, 0.717) is 17.1 Å². The van der Waals surface area contributed by atoms with Gasteiger partial charge in [-0.2, -0.15) is 0 Å². The lowest BCUT2D eigenvalue weighted by Crippen LogP contribution is -2.34. The maximum atomic E-state index is 11.8. The van der Waals surface area contributed by atoms with E-state index in [1.54, 1.807) is 18.2 Å². The van der Waals surface area contributed by atoms with E-state index in [1.807, 2.05) is 54.6 Å². The van der Waals surface area contributed by atoms with E-state index in [0.717, 1.165) is 22.3 Å². The molecule has 39 heavy (non-hydrogen) atoms. The quantitative estimate of drug-likeness (QED) is 0.196. The van der Waals surface area contributed by atoms with Crippen LogP contribution in [0.1, 0.15) is 51.4 Å². The highest BCUT2D eigenvalue weighted by atomic mass is 35.6. The van der Waals surface area contributed by atoms with Gasteiger partial charge in [0, 0.05) is 29.2 Å². The summed E-state index contributed by atoms with van der Waals surface area (Å²) in [5.74, 6) is -1.16. The summed E-state index contributed by atoms with van der Waals surface area (Å²) in [7, 11) is 0. The number of carboxylic acids is 1. The molecule has 0 saturated carbocycles. The molecule has 206 valence electrons. The predicted molar refractivity (Wildman–Crippen MR) is 151 cm³/mol. The molecule has 3 N–H and O–H groups in total. The third kappa shape index (κ3) is 8.11. The Kier molecular flexibility index (Phi) is 10.2. The molecule has 1 aliphatic heterocycles. The number of aliphatic hydroxyl groups is 1. The molecule has 1 amide bonds. The number of alkyl halides is 3. The molecule has 7 nitrogen and oxygen atoms in total.